The minimum absolute atomic E-state index is 0.0714. The number of aromatic nitrogens is 2. The van der Waals surface area contributed by atoms with Crippen molar-refractivity contribution in [2.24, 2.45) is 0 Å². The lowest BCUT2D eigenvalue weighted by molar-refractivity contribution is -0.158. The normalized spacial score (nSPS) is 19.6. The first kappa shape index (κ1) is 29.3. The van der Waals surface area contributed by atoms with Crippen LogP contribution >= 0.6 is 15.9 Å². The number of H-pyrrole nitrogens is 1. The molecule has 0 spiro atoms. The average Bonchev–Trinajstić information content (AvgIpc) is 3.21. The molecule has 1 aromatic heterocycles. The van der Waals surface area contributed by atoms with Crippen LogP contribution in [-0.4, -0.2) is 40.3 Å². The molecule has 3 atom stereocenters. The second kappa shape index (κ2) is 15.9. The molecule has 0 amide bonds. The van der Waals surface area contributed by atoms with E-state index in [0.717, 1.165) is 64.2 Å². The van der Waals surface area contributed by atoms with Crippen molar-refractivity contribution < 1.29 is 23.8 Å². The Balaban J connectivity index is 1.97. The predicted octanol–water partition coefficient (Wildman–Crippen LogP) is 4.76. The second-order valence-electron chi connectivity index (χ2n) is 9.05. The SMILES string of the molecule is CCCCCCCC(=O)OC[C@H]1O[C@@H](n2cc(Br)c(=O)[nH]c2=O)C[C@@H]1OC(=O)CCCCCCC. The molecule has 1 aromatic rings. The van der Waals surface area contributed by atoms with Crippen molar-refractivity contribution in [2.75, 3.05) is 6.61 Å². The topological polar surface area (TPSA) is 117 Å². The first-order valence-corrected chi connectivity index (χ1v) is 13.7. The van der Waals surface area contributed by atoms with Crippen molar-refractivity contribution in [3.63, 3.8) is 0 Å². The number of nitrogens with one attached hydrogen (secondary N) is 1. The molecule has 35 heavy (non-hydrogen) atoms. The third-order valence-corrected chi connectivity index (χ3v) is 6.64. The van der Waals surface area contributed by atoms with Crippen molar-refractivity contribution in [3.05, 3.63) is 31.5 Å². The molecule has 0 unspecified atom stereocenters. The van der Waals surface area contributed by atoms with E-state index in [1.54, 1.807) is 0 Å². The number of carbonyl (C=O) groups excluding carboxylic acids is 2. The highest BCUT2D eigenvalue weighted by molar-refractivity contribution is 9.10. The summed E-state index contributed by atoms with van der Waals surface area (Å²) in [5, 5.41) is 0. The van der Waals surface area contributed by atoms with Crippen LogP contribution in [0.25, 0.3) is 0 Å². The molecule has 0 bridgehead atoms. The van der Waals surface area contributed by atoms with E-state index >= 15 is 0 Å². The number of nitrogens with zero attached hydrogens (tertiary/aromatic N) is 1. The Morgan fingerprint density at radius 2 is 1.60 bits per heavy atom. The van der Waals surface area contributed by atoms with Gasteiger partial charge in [-0.1, -0.05) is 65.2 Å². The van der Waals surface area contributed by atoms with E-state index in [4.69, 9.17) is 14.2 Å². The molecule has 1 fully saturated rings. The van der Waals surface area contributed by atoms with Crippen molar-refractivity contribution >= 4 is 27.9 Å². The summed E-state index contributed by atoms with van der Waals surface area (Å²) in [6, 6.07) is 0. The molecule has 1 N–H and O–H groups in total. The first-order chi connectivity index (χ1) is 16.8. The number of halogens is 1. The number of ether oxygens (including phenoxy) is 3. The molecule has 1 aliphatic heterocycles. The van der Waals surface area contributed by atoms with Gasteiger partial charge in [-0.25, -0.2) is 4.79 Å². The summed E-state index contributed by atoms with van der Waals surface area (Å²) >= 11 is 3.12. The zero-order chi connectivity index (χ0) is 25.6. The van der Waals surface area contributed by atoms with Crippen LogP contribution in [0.4, 0.5) is 0 Å². The van der Waals surface area contributed by atoms with Gasteiger partial charge < -0.3 is 14.2 Å². The number of hydrogen-bond donors (Lipinski definition) is 1. The van der Waals surface area contributed by atoms with Gasteiger partial charge in [0.25, 0.3) is 5.56 Å². The van der Waals surface area contributed by atoms with Gasteiger partial charge in [-0.15, -0.1) is 0 Å². The highest BCUT2D eigenvalue weighted by Gasteiger charge is 2.40. The maximum Gasteiger partial charge on any atom is 0.330 e. The summed E-state index contributed by atoms with van der Waals surface area (Å²) in [6.07, 6.45) is 10.3. The number of carbonyl (C=O) groups is 2. The third kappa shape index (κ3) is 10.3. The highest BCUT2D eigenvalue weighted by Crippen LogP contribution is 2.31. The monoisotopic (exact) mass is 558 g/mol. The molecule has 2 heterocycles. The summed E-state index contributed by atoms with van der Waals surface area (Å²) in [4.78, 5) is 50.9. The zero-order valence-corrected chi connectivity index (χ0v) is 22.5. The molecule has 9 nitrogen and oxygen atoms in total. The maximum absolute atomic E-state index is 12.4. The summed E-state index contributed by atoms with van der Waals surface area (Å²) in [6.45, 7) is 4.20. The number of esters is 2. The van der Waals surface area contributed by atoms with Gasteiger partial charge in [0.2, 0.25) is 0 Å². The lowest BCUT2D eigenvalue weighted by Gasteiger charge is -2.19. The minimum atomic E-state index is -0.768. The maximum atomic E-state index is 12.4. The molecular formula is C25H39BrN2O7. The fourth-order valence-electron chi connectivity index (χ4n) is 4.04. The molecule has 0 aliphatic carbocycles. The van der Waals surface area contributed by atoms with E-state index in [2.05, 4.69) is 34.8 Å². The van der Waals surface area contributed by atoms with Gasteiger partial charge in [0.15, 0.2) is 0 Å². The van der Waals surface area contributed by atoms with Gasteiger partial charge in [0, 0.05) is 25.5 Å². The fourth-order valence-corrected chi connectivity index (χ4v) is 4.36. The van der Waals surface area contributed by atoms with E-state index in [1.165, 1.54) is 10.8 Å². The Kier molecular flexibility index (Phi) is 13.3. The number of aromatic amines is 1. The molecule has 0 aromatic carbocycles. The molecule has 0 radical (unpaired) electrons. The Bertz CT molecular complexity index is 914. The van der Waals surface area contributed by atoms with Gasteiger partial charge in [-0.05, 0) is 28.8 Å². The fraction of sp³-hybridized carbons (Fsp3) is 0.760. The van der Waals surface area contributed by atoms with E-state index in [0.29, 0.717) is 12.8 Å². The van der Waals surface area contributed by atoms with Gasteiger partial charge >= 0.3 is 17.6 Å². The quantitative estimate of drug-likeness (QED) is 0.229. The van der Waals surface area contributed by atoms with Gasteiger partial charge in [-0.2, -0.15) is 0 Å². The molecule has 10 heteroatoms. The average molecular weight is 559 g/mol. The van der Waals surface area contributed by atoms with Crippen molar-refractivity contribution in [1.82, 2.24) is 9.55 Å². The van der Waals surface area contributed by atoms with Crippen molar-refractivity contribution in [2.45, 2.75) is 116 Å². The van der Waals surface area contributed by atoms with Gasteiger partial charge in [0.05, 0.1) is 4.47 Å². The van der Waals surface area contributed by atoms with Crippen LogP contribution in [0.1, 0.15) is 104 Å². The van der Waals surface area contributed by atoms with Crippen molar-refractivity contribution in [3.8, 4) is 0 Å². The van der Waals surface area contributed by atoms with E-state index in [-0.39, 0.29) is 29.4 Å². The smallest absolute Gasteiger partial charge is 0.330 e. The Morgan fingerprint density at radius 3 is 2.23 bits per heavy atom. The van der Waals surface area contributed by atoms with Crippen LogP contribution in [0.15, 0.2) is 20.3 Å². The van der Waals surface area contributed by atoms with E-state index < -0.39 is 29.7 Å². The van der Waals surface area contributed by atoms with Crippen LogP contribution in [-0.2, 0) is 23.8 Å². The molecule has 0 saturated carbocycles. The Morgan fingerprint density at radius 1 is 1.00 bits per heavy atom. The Hall–Kier alpha value is -1.94. The van der Waals surface area contributed by atoms with Crippen molar-refractivity contribution in [1.29, 1.82) is 0 Å². The summed E-state index contributed by atoms with van der Waals surface area (Å²) in [5.74, 6) is -0.656. The lowest BCUT2D eigenvalue weighted by atomic mass is 10.1. The van der Waals surface area contributed by atoms with E-state index in [1.807, 2.05) is 0 Å². The summed E-state index contributed by atoms with van der Waals surface area (Å²) < 4.78 is 18.5. The molecular weight excluding hydrogens is 520 g/mol. The Labute approximate surface area is 215 Å². The first-order valence-electron chi connectivity index (χ1n) is 12.9. The lowest BCUT2D eigenvalue weighted by Crippen LogP contribution is -2.33. The summed E-state index contributed by atoms with van der Waals surface area (Å²) in [7, 11) is 0. The predicted molar refractivity (Wildman–Crippen MR) is 135 cm³/mol. The van der Waals surface area contributed by atoms with Crippen LogP contribution in [0.2, 0.25) is 0 Å². The minimum Gasteiger partial charge on any atom is -0.463 e. The van der Waals surface area contributed by atoms with Crippen LogP contribution in [0, 0.1) is 0 Å². The van der Waals surface area contributed by atoms with E-state index in [9.17, 15) is 19.2 Å². The highest BCUT2D eigenvalue weighted by atomic mass is 79.9. The molecule has 1 aliphatic rings. The van der Waals surface area contributed by atoms with Gasteiger partial charge in [0.1, 0.15) is 25.0 Å². The van der Waals surface area contributed by atoms with Gasteiger partial charge in [-0.3, -0.25) is 23.9 Å². The number of hydrogen-bond acceptors (Lipinski definition) is 7. The molecule has 1 saturated heterocycles. The molecule has 198 valence electrons. The third-order valence-electron chi connectivity index (χ3n) is 6.08. The van der Waals surface area contributed by atoms with Crippen LogP contribution in [0.5, 0.6) is 0 Å². The molecule has 2 rings (SSSR count). The summed E-state index contributed by atoms with van der Waals surface area (Å²) in [5.41, 5.74) is -1.17. The number of unbranched alkanes of at least 4 members (excludes halogenated alkanes) is 8. The van der Waals surface area contributed by atoms with Crippen LogP contribution in [0.3, 0.4) is 0 Å². The zero-order valence-electron chi connectivity index (χ0n) is 20.9. The van der Waals surface area contributed by atoms with Crippen LogP contribution < -0.4 is 11.2 Å². The second-order valence-corrected chi connectivity index (χ2v) is 9.90. The largest absolute Gasteiger partial charge is 0.463 e. The number of rotatable bonds is 16. The standard InChI is InChI=1S/C25H39BrN2O7/c1-3-5-7-9-11-13-22(29)33-17-20-19(35-23(30)14-12-10-8-6-4-2)15-21(34-20)28-16-18(26)24(31)27-25(28)32/h16,19-21H,3-15,17H2,1-2H3,(H,27,31,32)/t19-,20+,21+/m0/s1.